The number of halogens is 1. The Labute approximate surface area is 123 Å². The molecule has 5 heteroatoms. The monoisotopic (exact) mass is 295 g/mol. The van der Waals surface area contributed by atoms with Crippen LogP contribution in [0.15, 0.2) is 24.3 Å². The first kappa shape index (κ1) is 14.9. The van der Waals surface area contributed by atoms with E-state index in [4.69, 9.17) is 16.7 Å². The van der Waals surface area contributed by atoms with Crippen molar-refractivity contribution in [2.45, 2.75) is 32.1 Å². The van der Waals surface area contributed by atoms with Gasteiger partial charge < -0.3 is 10.0 Å². The highest BCUT2D eigenvalue weighted by atomic mass is 35.5. The van der Waals surface area contributed by atoms with Gasteiger partial charge in [-0.2, -0.15) is 0 Å². The van der Waals surface area contributed by atoms with Crippen LogP contribution in [-0.2, 0) is 9.59 Å². The number of anilines is 1. The Kier molecular flexibility index (Phi) is 5.01. The molecular formula is C15H18ClNO3. The third kappa shape index (κ3) is 3.73. The maximum absolute atomic E-state index is 12.6. The van der Waals surface area contributed by atoms with Crippen molar-refractivity contribution in [3.63, 3.8) is 0 Å². The van der Waals surface area contributed by atoms with E-state index in [-0.39, 0.29) is 18.4 Å². The summed E-state index contributed by atoms with van der Waals surface area (Å²) in [5.41, 5.74) is 0.551. The quantitative estimate of drug-likeness (QED) is 0.927. The van der Waals surface area contributed by atoms with Crippen LogP contribution in [0.3, 0.4) is 0 Å². The second-order valence-corrected chi connectivity index (χ2v) is 5.57. The molecule has 0 unspecified atom stereocenters. The molecule has 1 fully saturated rings. The minimum absolute atomic E-state index is 0.0675. The summed E-state index contributed by atoms with van der Waals surface area (Å²) in [6.45, 7) is -0.324. The number of hydrogen-bond acceptors (Lipinski definition) is 2. The number of benzene rings is 1. The average Bonchev–Trinajstić information content (AvgIpc) is 2.45. The smallest absolute Gasteiger partial charge is 0.323 e. The number of aliphatic carboxylic acids is 1. The molecule has 108 valence electrons. The van der Waals surface area contributed by atoms with Crippen LogP contribution in [0.1, 0.15) is 32.1 Å². The third-order valence-electron chi connectivity index (χ3n) is 3.63. The number of carboxylic acids is 1. The predicted molar refractivity (Wildman–Crippen MR) is 78.0 cm³/mol. The molecule has 4 nitrogen and oxygen atoms in total. The number of rotatable bonds is 4. The molecule has 0 radical (unpaired) electrons. The Morgan fingerprint density at radius 3 is 2.55 bits per heavy atom. The van der Waals surface area contributed by atoms with Gasteiger partial charge in [-0.05, 0) is 31.0 Å². The summed E-state index contributed by atoms with van der Waals surface area (Å²) >= 11 is 5.93. The van der Waals surface area contributed by atoms with E-state index in [0.717, 1.165) is 32.1 Å². The lowest BCUT2D eigenvalue weighted by molar-refractivity contribution is -0.137. The molecule has 1 aliphatic carbocycles. The number of carbonyl (C=O) groups is 2. The topological polar surface area (TPSA) is 57.6 Å². The van der Waals surface area contributed by atoms with E-state index >= 15 is 0 Å². The van der Waals surface area contributed by atoms with Crippen LogP contribution in [0.2, 0.25) is 5.02 Å². The van der Waals surface area contributed by atoms with Crippen LogP contribution in [-0.4, -0.2) is 23.5 Å². The van der Waals surface area contributed by atoms with Crippen molar-refractivity contribution in [2.75, 3.05) is 11.4 Å². The largest absolute Gasteiger partial charge is 0.480 e. The minimum Gasteiger partial charge on any atom is -0.480 e. The van der Waals surface area contributed by atoms with Gasteiger partial charge in [0.1, 0.15) is 6.54 Å². The van der Waals surface area contributed by atoms with E-state index < -0.39 is 5.97 Å². The van der Waals surface area contributed by atoms with Crippen LogP contribution < -0.4 is 4.90 Å². The summed E-state index contributed by atoms with van der Waals surface area (Å²) < 4.78 is 0. The van der Waals surface area contributed by atoms with Crippen LogP contribution in [0.5, 0.6) is 0 Å². The van der Waals surface area contributed by atoms with Crippen LogP contribution in [0.25, 0.3) is 0 Å². The van der Waals surface area contributed by atoms with E-state index in [1.54, 1.807) is 24.3 Å². The van der Waals surface area contributed by atoms with E-state index in [1.165, 1.54) is 4.90 Å². The first-order valence-corrected chi connectivity index (χ1v) is 7.24. The molecule has 1 saturated carbocycles. The van der Waals surface area contributed by atoms with Gasteiger partial charge in [0, 0.05) is 16.6 Å². The molecule has 2 rings (SSSR count). The Morgan fingerprint density at radius 2 is 1.95 bits per heavy atom. The lowest BCUT2D eigenvalue weighted by atomic mass is 9.88. The van der Waals surface area contributed by atoms with Gasteiger partial charge in [-0.25, -0.2) is 0 Å². The van der Waals surface area contributed by atoms with Gasteiger partial charge in [0.25, 0.3) is 0 Å². The Hall–Kier alpha value is -1.55. The van der Waals surface area contributed by atoms with Gasteiger partial charge >= 0.3 is 5.97 Å². The molecule has 1 amide bonds. The lowest BCUT2D eigenvalue weighted by Crippen LogP contribution is -2.40. The Morgan fingerprint density at radius 1 is 1.25 bits per heavy atom. The van der Waals surface area contributed by atoms with E-state index in [2.05, 4.69) is 0 Å². The van der Waals surface area contributed by atoms with Gasteiger partial charge in [0.2, 0.25) is 5.91 Å². The second-order valence-electron chi connectivity index (χ2n) is 5.13. The highest BCUT2D eigenvalue weighted by Crippen LogP contribution is 2.28. The standard InChI is InChI=1S/C15H18ClNO3/c16-12-7-4-8-13(9-12)17(10-14(18)19)15(20)11-5-2-1-3-6-11/h4,7-9,11H,1-3,5-6,10H2,(H,18,19). The highest BCUT2D eigenvalue weighted by molar-refractivity contribution is 6.31. The maximum Gasteiger partial charge on any atom is 0.323 e. The zero-order valence-electron chi connectivity index (χ0n) is 11.2. The normalized spacial score (nSPS) is 15.8. The second kappa shape index (κ2) is 6.75. The lowest BCUT2D eigenvalue weighted by Gasteiger charge is -2.28. The van der Waals surface area contributed by atoms with Crippen molar-refractivity contribution in [3.8, 4) is 0 Å². The molecule has 1 aliphatic rings. The Bertz CT molecular complexity index is 498. The molecular weight excluding hydrogens is 278 g/mol. The maximum atomic E-state index is 12.6. The van der Waals surface area contributed by atoms with Crippen molar-refractivity contribution in [1.82, 2.24) is 0 Å². The van der Waals surface area contributed by atoms with E-state index in [1.807, 2.05) is 0 Å². The summed E-state index contributed by atoms with van der Waals surface area (Å²) in [4.78, 5) is 24.9. The molecule has 1 N–H and O–H groups in total. The fourth-order valence-electron chi connectivity index (χ4n) is 2.65. The van der Waals surface area contributed by atoms with Gasteiger partial charge in [0.05, 0.1) is 0 Å². The summed E-state index contributed by atoms with van der Waals surface area (Å²) in [6, 6.07) is 6.77. The number of carbonyl (C=O) groups excluding carboxylic acids is 1. The molecule has 0 heterocycles. The van der Waals surface area contributed by atoms with Crippen molar-refractivity contribution < 1.29 is 14.7 Å². The first-order chi connectivity index (χ1) is 9.58. The van der Waals surface area contributed by atoms with E-state index in [0.29, 0.717) is 10.7 Å². The predicted octanol–water partition coefficient (Wildman–Crippen LogP) is 3.34. The summed E-state index contributed by atoms with van der Waals surface area (Å²) in [7, 11) is 0. The first-order valence-electron chi connectivity index (χ1n) is 6.86. The van der Waals surface area contributed by atoms with Gasteiger partial charge in [0.15, 0.2) is 0 Å². The van der Waals surface area contributed by atoms with Gasteiger partial charge in [-0.3, -0.25) is 9.59 Å². The molecule has 1 aromatic carbocycles. The van der Waals surface area contributed by atoms with Gasteiger partial charge in [-0.1, -0.05) is 36.9 Å². The van der Waals surface area contributed by atoms with Crippen molar-refractivity contribution in [2.24, 2.45) is 5.92 Å². The summed E-state index contributed by atoms with van der Waals surface area (Å²) in [5, 5.41) is 9.53. The third-order valence-corrected chi connectivity index (χ3v) is 3.87. The fraction of sp³-hybridized carbons (Fsp3) is 0.467. The molecule has 0 bridgehead atoms. The highest BCUT2D eigenvalue weighted by Gasteiger charge is 2.28. The fourth-order valence-corrected chi connectivity index (χ4v) is 2.83. The molecule has 20 heavy (non-hydrogen) atoms. The van der Waals surface area contributed by atoms with Crippen molar-refractivity contribution in [3.05, 3.63) is 29.3 Å². The molecule has 0 atom stereocenters. The number of nitrogens with zero attached hydrogens (tertiary/aromatic N) is 1. The zero-order chi connectivity index (χ0) is 14.5. The average molecular weight is 296 g/mol. The molecule has 0 saturated heterocycles. The molecule has 1 aromatic rings. The molecule has 0 aliphatic heterocycles. The SMILES string of the molecule is O=C(O)CN(C(=O)C1CCCCC1)c1cccc(Cl)c1. The molecule has 0 spiro atoms. The summed E-state index contributed by atoms with van der Waals surface area (Å²) in [6.07, 6.45) is 4.91. The number of hydrogen-bond donors (Lipinski definition) is 1. The zero-order valence-corrected chi connectivity index (χ0v) is 12.0. The van der Waals surface area contributed by atoms with Crippen LogP contribution in [0, 0.1) is 5.92 Å². The van der Waals surface area contributed by atoms with Crippen molar-refractivity contribution >= 4 is 29.2 Å². The van der Waals surface area contributed by atoms with Gasteiger partial charge in [-0.15, -0.1) is 0 Å². The van der Waals surface area contributed by atoms with Crippen LogP contribution in [0.4, 0.5) is 5.69 Å². The minimum atomic E-state index is -1.02. The Balaban J connectivity index is 2.22. The molecule has 0 aromatic heterocycles. The van der Waals surface area contributed by atoms with Crippen LogP contribution >= 0.6 is 11.6 Å². The van der Waals surface area contributed by atoms with Crippen molar-refractivity contribution in [1.29, 1.82) is 0 Å². The summed E-state index contributed by atoms with van der Waals surface area (Å²) in [5.74, 6) is -1.19. The number of carboxylic acid groups (broad SMARTS) is 1. The number of amides is 1. The van der Waals surface area contributed by atoms with E-state index in [9.17, 15) is 9.59 Å².